The summed E-state index contributed by atoms with van der Waals surface area (Å²) in [6.07, 6.45) is 2.02. The van der Waals surface area contributed by atoms with Gasteiger partial charge in [0.1, 0.15) is 5.75 Å². The number of piperidine rings is 1. The molecule has 126 valence electrons. The van der Waals surface area contributed by atoms with E-state index in [1.54, 1.807) is 12.1 Å². The minimum atomic E-state index is 0.0501. The van der Waals surface area contributed by atoms with Gasteiger partial charge in [-0.05, 0) is 55.0 Å². The van der Waals surface area contributed by atoms with Crippen LogP contribution in [0.3, 0.4) is 0 Å². The maximum absolute atomic E-state index is 12.3. The number of ether oxygens (including phenoxy) is 1. The van der Waals surface area contributed by atoms with Gasteiger partial charge in [0.15, 0.2) is 6.61 Å². The summed E-state index contributed by atoms with van der Waals surface area (Å²) in [5, 5.41) is 0.705. The van der Waals surface area contributed by atoms with Crippen molar-refractivity contribution < 1.29 is 9.53 Å². The molecular weight excluding hydrogens is 322 g/mol. The second-order valence-corrected chi connectivity index (χ2v) is 6.67. The summed E-state index contributed by atoms with van der Waals surface area (Å²) in [5.41, 5.74) is 2.32. The normalized spacial score (nSPS) is 15.3. The molecule has 3 rings (SSSR count). The van der Waals surface area contributed by atoms with Crippen LogP contribution in [0.15, 0.2) is 48.5 Å². The molecule has 1 heterocycles. The van der Waals surface area contributed by atoms with E-state index in [0.717, 1.165) is 31.5 Å². The second-order valence-electron chi connectivity index (χ2n) is 6.27. The average Bonchev–Trinajstić information content (AvgIpc) is 2.63. The number of halogens is 1. The molecule has 1 amide bonds. The SMILES string of the molecule is Cc1cc(OCC(=O)N2CCC(c3ccccc3)CC2)ccc1Cl. The van der Waals surface area contributed by atoms with Crippen molar-refractivity contribution in [3.05, 3.63) is 64.7 Å². The molecule has 0 aromatic heterocycles. The lowest BCUT2D eigenvalue weighted by Crippen LogP contribution is -2.40. The Morgan fingerprint density at radius 2 is 1.88 bits per heavy atom. The van der Waals surface area contributed by atoms with E-state index in [2.05, 4.69) is 24.3 Å². The molecule has 4 heteroatoms. The van der Waals surface area contributed by atoms with E-state index in [1.807, 2.05) is 24.0 Å². The van der Waals surface area contributed by atoms with Gasteiger partial charge in [-0.15, -0.1) is 0 Å². The highest BCUT2D eigenvalue weighted by molar-refractivity contribution is 6.31. The summed E-state index contributed by atoms with van der Waals surface area (Å²) < 4.78 is 5.62. The van der Waals surface area contributed by atoms with Gasteiger partial charge < -0.3 is 9.64 Å². The van der Waals surface area contributed by atoms with E-state index in [9.17, 15) is 4.79 Å². The molecule has 2 aromatic carbocycles. The number of likely N-dealkylation sites (tertiary alicyclic amines) is 1. The van der Waals surface area contributed by atoms with Crippen LogP contribution in [0.5, 0.6) is 5.75 Å². The zero-order valence-electron chi connectivity index (χ0n) is 13.9. The molecule has 0 aliphatic carbocycles. The Morgan fingerprint density at radius 1 is 1.17 bits per heavy atom. The van der Waals surface area contributed by atoms with E-state index in [1.165, 1.54) is 5.56 Å². The van der Waals surface area contributed by atoms with Crippen molar-refractivity contribution in [2.75, 3.05) is 19.7 Å². The van der Waals surface area contributed by atoms with Crippen molar-refractivity contribution in [2.24, 2.45) is 0 Å². The monoisotopic (exact) mass is 343 g/mol. The highest BCUT2D eigenvalue weighted by Gasteiger charge is 2.23. The van der Waals surface area contributed by atoms with Gasteiger partial charge >= 0.3 is 0 Å². The minimum Gasteiger partial charge on any atom is -0.484 e. The molecule has 1 fully saturated rings. The third-order valence-electron chi connectivity index (χ3n) is 4.61. The van der Waals surface area contributed by atoms with Crippen molar-refractivity contribution in [2.45, 2.75) is 25.7 Å². The van der Waals surface area contributed by atoms with Gasteiger partial charge in [-0.1, -0.05) is 41.9 Å². The summed E-state index contributed by atoms with van der Waals surface area (Å²) >= 11 is 6.00. The van der Waals surface area contributed by atoms with Gasteiger partial charge in [0.05, 0.1) is 0 Å². The van der Waals surface area contributed by atoms with Gasteiger partial charge in [0.25, 0.3) is 5.91 Å². The Kier molecular flexibility index (Phi) is 5.41. The molecule has 0 atom stereocenters. The first-order valence-corrected chi connectivity index (χ1v) is 8.73. The first-order valence-electron chi connectivity index (χ1n) is 8.35. The third-order valence-corrected chi connectivity index (χ3v) is 5.03. The van der Waals surface area contributed by atoms with Crippen molar-refractivity contribution in [1.82, 2.24) is 4.90 Å². The largest absolute Gasteiger partial charge is 0.484 e. The summed E-state index contributed by atoms with van der Waals surface area (Å²) in [6.45, 7) is 3.59. The maximum Gasteiger partial charge on any atom is 0.260 e. The average molecular weight is 344 g/mol. The molecule has 1 saturated heterocycles. The summed E-state index contributed by atoms with van der Waals surface area (Å²) in [5.74, 6) is 1.29. The molecule has 0 radical (unpaired) electrons. The summed E-state index contributed by atoms with van der Waals surface area (Å²) in [6, 6.07) is 16.0. The number of carbonyl (C=O) groups excluding carboxylic acids is 1. The molecular formula is C20H22ClNO2. The van der Waals surface area contributed by atoms with Crippen molar-refractivity contribution >= 4 is 17.5 Å². The van der Waals surface area contributed by atoms with E-state index in [0.29, 0.717) is 16.7 Å². The Balaban J connectivity index is 1.49. The summed E-state index contributed by atoms with van der Waals surface area (Å²) in [7, 11) is 0. The Hall–Kier alpha value is -2.00. The molecule has 0 N–H and O–H groups in total. The van der Waals surface area contributed by atoms with Gasteiger partial charge in [-0.25, -0.2) is 0 Å². The maximum atomic E-state index is 12.3. The van der Waals surface area contributed by atoms with Gasteiger partial charge in [0.2, 0.25) is 0 Å². The molecule has 0 unspecified atom stereocenters. The van der Waals surface area contributed by atoms with Crippen LogP contribution in [0.4, 0.5) is 0 Å². The fourth-order valence-electron chi connectivity index (χ4n) is 3.13. The number of hydrogen-bond acceptors (Lipinski definition) is 2. The zero-order valence-corrected chi connectivity index (χ0v) is 14.6. The van der Waals surface area contributed by atoms with Crippen LogP contribution < -0.4 is 4.74 Å². The number of aryl methyl sites for hydroxylation is 1. The number of benzene rings is 2. The highest BCUT2D eigenvalue weighted by Crippen LogP contribution is 2.28. The first-order chi connectivity index (χ1) is 11.6. The number of nitrogens with zero attached hydrogens (tertiary/aromatic N) is 1. The van der Waals surface area contributed by atoms with Crippen LogP contribution in [-0.4, -0.2) is 30.5 Å². The first kappa shape index (κ1) is 16.8. The van der Waals surface area contributed by atoms with E-state index in [4.69, 9.17) is 16.3 Å². The fraction of sp³-hybridized carbons (Fsp3) is 0.350. The number of hydrogen-bond donors (Lipinski definition) is 0. The van der Waals surface area contributed by atoms with Crippen molar-refractivity contribution in [3.8, 4) is 5.75 Å². The molecule has 0 bridgehead atoms. The fourth-order valence-corrected chi connectivity index (χ4v) is 3.25. The molecule has 24 heavy (non-hydrogen) atoms. The van der Waals surface area contributed by atoms with Crippen LogP contribution in [0.25, 0.3) is 0 Å². The van der Waals surface area contributed by atoms with Gasteiger partial charge in [0, 0.05) is 18.1 Å². The molecule has 0 saturated carbocycles. The van der Waals surface area contributed by atoms with E-state index in [-0.39, 0.29) is 12.5 Å². The second kappa shape index (κ2) is 7.71. The van der Waals surface area contributed by atoms with Crippen LogP contribution in [0.2, 0.25) is 5.02 Å². The quantitative estimate of drug-likeness (QED) is 0.821. The smallest absolute Gasteiger partial charge is 0.260 e. The lowest BCUT2D eigenvalue weighted by Gasteiger charge is -2.32. The zero-order chi connectivity index (χ0) is 16.9. The highest BCUT2D eigenvalue weighted by atomic mass is 35.5. The summed E-state index contributed by atoms with van der Waals surface area (Å²) in [4.78, 5) is 14.2. The molecule has 3 nitrogen and oxygen atoms in total. The predicted molar refractivity (Wildman–Crippen MR) is 96.7 cm³/mol. The van der Waals surface area contributed by atoms with Crippen LogP contribution in [-0.2, 0) is 4.79 Å². The number of amides is 1. The molecule has 2 aromatic rings. The lowest BCUT2D eigenvalue weighted by atomic mass is 9.89. The number of carbonyl (C=O) groups is 1. The predicted octanol–water partition coefficient (Wildman–Crippen LogP) is 4.43. The Labute approximate surface area is 148 Å². The lowest BCUT2D eigenvalue weighted by molar-refractivity contribution is -0.134. The van der Waals surface area contributed by atoms with Crippen molar-refractivity contribution in [3.63, 3.8) is 0 Å². The topological polar surface area (TPSA) is 29.5 Å². The minimum absolute atomic E-state index is 0.0501. The third kappa shape index (κ3) is 4.09. The van der Waals surface area contributed by atoms with Gasteiger partial charge in [-0.3, -0.25) is 4.79 Å². The van der Waals surface area contributed by atoms with E-state index >= 15 is 0 Å². The molecule has 0 spiro atoms. The van der Waals surface area contributed by atoms with E-state index < -0.39 is 0 Å². The van der Waals surface area contributed by atoms with Crippen LogP contribution >= 0.6 is 11.6 Å². The van der Waals surface area contributed by atoms with Crippen LogP contribution in [0, 0.1) is 6.92 Å². The van der Waals surface area contributed by atoms with Gasteiger partial charge in [-0.2, -0.15) is 0 Å². The molecule has 1 aliphatic rings. The Bertz CT molecular complexity index is 694. The molecule has 1 aliphatic heterocycles. The Morgan fingerprint density at radius 3 is 2.54 bits per heavy atom. The van der Waals surface area contributed by atoms with Crippen molar-refractivity contribution in [1.29, 1.82) is 0 Å². The standard InChI is InChI=1S/C20H22ClNO2/c1-15-13-18(7-8-19(15)21)24-14-20(23)22-11-9-17(10-12-22)16-5-3-2-4-6-16/h2-8,13,17H,9-12,14H2,1H3. The number of rotatable bonds is 4. The van der Waals surface area contributed by atoms with Crippen LogP contribution in [0.1, 0.15) is 29.9 Å².